The number of hydrogen-bond donors (Lipinski definition) is 0. The van der Waals surface area contributed by atoms with Gasteiger partial charge in [0.05, 0.1) is 25.1 Å². The van der Waals surface area contributed by atoms with Crippen molar-refractivity contribution in [1.29, 1.82) is 0 Å². The highest BCUT2D eigenvalue weighted by Gasteiger charge is 2.17. The minimum absolute atomic E-state index is 0.0140. The van der Waals surface area contributed by atoms with Gasteiger partial charge in [0.1, 0.15) is 5.52 Å². The molecule has 0 saturated carbocycles. The highest BCUT2D eigenvalue weighted by Crippen LogP contribution is 2.04. The van der Waals surface area contributed by atoms with E-state index in [9.17, 15) is 9.59 Å². The Morgan fingerprint density at radius 2 is 2.00 bits per heavy atom. The number of nitrogens with zero attached hydrogens (tertiary/aromatic N) is 4. The third-order valence-corrected chi connectivity index (χ3v) is 3.53. The van der Waals surface area contributed by atoms with Crippen molar-refractivity contribution in [3.63, 3.8) is 0 Å². The first-order valence-electron chi connectivity index (χ1n) is 6.94. The highest BCUT2D eigenvalue weighted by atomic mass is 16.5. The summed E-state index contributed by atoms with van der Waals surface area (Å²) in [6, 6.07) is 7.05. The quantitative estimate of drug-likeness (QED) is 0.797. The van der Waals surface area contributed by atoms with Crippen LogP contribution < -0.4 is 5.56 Å². The van der Waals surface area contributed by atoms with Gasteiger partial charge in [-0.05, 0) is 12.1 Å². The standard InChI is InChI=1S/C14H16N4O3/c19-13(17-7-9-21-10-8-17)5-6-18-14(20)11-3-1-2-4-12(11)15-16-18/h1-4H,5-10H2. The number of aryl methyl sites for hydroxylation is 1. The molecule has 0 unspecified atom stereocenters. The Hall–Kier alpha value is -2.28. The monoisotopic (exact) mass is 288 g/mol. The maximum atomic E-state index is 12.2. The minimum Gasteiger partial charge on any atom is -0.378 e. The predicted molar refractivity (Wildman–Crippen MR) is 75.8 cm³/mol. The fraction of sp³-hybridized carbons (Fsp3) is 0.429. The number of carbonyl (C=O) groups is 1. The van der Waals surface area contributed by atoms with Crippen molar-refractivity contribution in [1.82, 2.24) is 19.9 Å². The second-order valence-corrected chi connectivity index (χ2v) is 4.88. The number of fused-ring (bicyclic) bond motifs is 1. The summed E-state index contributed by atoms with van der Waals surface area (Å²) in [6.45, 7) is 2.60. The van der Waals surface area contributed by atoms with Gasteiger partial charge in [-0.1, -0.05) is 17.3 Å². The Kier molecular flexibility index (Phi) is 3.92. The van der Waals surface area contributed by atoms with E-state index in [0.29, 0.717) is 37.2 Å². The zero-order valence-corrected chi connectivity index (χ0v) is 11.6. The van der Waals surface area contributed by atoms with Crippen molar-refractivity contribution >= 4 is 16.8 Å². The lowest BCUT2D eigenvalue weighted by Crippen LogP contribution is -2.41. The van der Waals surface area contributed by atoms with Gasteiger partial charge in [-0.25, -0.2) is 4.68 Å². The third-order valence-electron chi connectivity index (χ3n) is 3.53. The van der Waals surface area contributed by atoms with Crippen LogP contribution >= 0.6 is 0 Å². The summed E-state index contributed by atoms with van der Waals surface area (Å²) in [7, 11) is 0. The molecule has 1 aromatic heterocycles. The maximum absolute atomic E-state index is 12.2. The molecule has 3 rings (SSSR count). The summed E-state index contributed by atoms with van der Waals surface area (Å²) in [5.41, 5.74) is 0.355. The smallest absolute Gasteiger partial charge is 0.277 e. The van der Waals surface area contributed by atoms with Gasteiger partial charge >= 0.3 is 0 Å². The molecule has 1 aliphatic heterocycles. The van der Waals surface area contributed by atoms with E-state index in [0.717, 1.165) is 0 Å². The lowest BCUT2D eigenvalue weighted by atomic mass is 10.2. The van der Waals surface area contributed by atoms with Gasteiger partial charge in [0, 0.05) is 19.5 Å². The van der Waals surface area contributed by atoms with Gasteiger partial charge in [0.15, 0.2) is 0 Å². The molecule has 0 N–H and O–H groups in total. The summed E-state index contributed by atoms with van der Waals surface area (Å²) >= 11 is 0. The average molecular weight is 288 g/mol. The van der Waals surface area contributed by atoms with Crippen molar-refractivity contribution < 1.29 is 9.53 Å². The lowest BCUT2D eigenvalue weighted by Gasteiger charge is -2.26. The van der Waals surface area contributed by atoms with Crippen molar-refractivity contribution in [3.05, 3.63) is 34.6 Å². The average Bonchev–Trinajstić information content (AvgIpc) is 2.55. The Bertz CT molecular complexity index is 707. The van der Waals surface area contributed by atoms with Crippen LogP contribution in [0, 0.1) is 0 Å². The largest absolute Gasteiger partial charge is 0.378 e. The molecule has 110 valence electrons. The van der Waals surface area contributed by atoms with Crippen LogP contribution in [0.5, 0.6) is 0 Å². The van der Waals surface area contributed by atoms with Gasteiger partial charge in [-0.3, -0.25) is 9.59 Å². The molecule has 0 bridgehead atoms. The number of benzene rings is 1. The van der Waals surface area contributed by atoms with Crippen molar-refractivity contribution in [2.75, 3.05) is 26.3 Å². The van der Waals surface area contributed by atoms with Crippen LogP contribution in [0.25, 0.3) is 10.9 Å². The molecule has 1 fully saturated rings. The molecular weight excluding hydrogens is 272 g/mol. The molecular formula is C14H16N4O3. The fourth-order valence-corrected chi connectivity index (χ4v) is 2.34. The first-order valence-corrected chi connectivity index (χ1v) is 6.94. The number of ether oxygens (including phenoxy) is 1. The Labute approximate surface area is 121 Å². The summed E-state index contributed by atoms with van der Waals surface area (Å²) in [5.74, 6) is 0.0140. The summed E-state index contributed by atoms with van der Waals surface area (Å²) in [4.78, 5) is 26.0. The number of rotatable bonds is 3. The summed E-state index contributed by atoms with van der Waals surface area (Å²) in [6.07, 6.45) is 0.243. The Morgan fingerprint density at radius 3 is 2.81 bits per heavy atom. The molecule has 2 aromatic rings. The zero-order chi connectivity index (χ0) is 14.7. The van der Waals surface area contributed by atoms with Crippen LogP contribution in [-0.4, -0.2) is 52.1 Å². The lowest BCUT2D eigenvalue weighted by molar-refractivity contribution is -0.135. The van der Waals surface area contributed by atoms with E-state index >= 15 is 0 Å². The molecule has 0 spiro atoms. The summed E-state index contributed by atoms with van der Waals surface area (Å²) in [5, 5.41) is 8.40. The van der Waals surface area contributed by atoms with E-state index in [1.54, 1.807) is 23.1 Å². The summed E-state index contributed by atoms with van der Waals surface area (Å²) < 4.78 is 6.46. The molecule has 2 heterocycles. The normalized spacial score (nSPS) is 15.3. The van der Waals surface area contributed by atoms with Crippen LogP contribution in [0.1, 0.15) is 6.42 Å². The topological polar surface area (TPSA) is 77.3 Å². The fourth-order valence-electron chi connectivity index (χ4n) is 2.34. The van der Waals surface area contributed by atoms with Gasteiger partial charge in [0.25, 0.3) is 5.56 Å². The number of carbonyl (C=O) groups excluding carboxylic acids is 1. The van der Waals surface area contributed by atoms with Crippen molar-refractivity contribution in [3.8, 4) is 0 Å². The molecule has 7 heteroatoms. The molecule has 0 radical (unpaired) electrons. The zero-order valence-electron chi connectivity index (χ0n) is 11.6. The number of morpholine rings is 1. The molecule has 21 heavy (non-hydrogen) atoms. The maximum Gasteiger partial charge on any atom is 0.277 e. The third kappa shape index (κ3) is 2.92. The number of hydrogen-bond acceptors (Lipinski definition) is 5. The minimum atomic E-state index is -0.213. The van der Waals surface area contributed by atoms with Gasteiger partial charge in [-0.15, -0.1) is 5.10 Å². The molecule has 0 atom stereocenters. The molecule has 1 aromatic carbocycles. The van der Waals surface area contributed by atoms with Gasteiger partial charge in [0.2, 0.25) is 5.91 Å². The molecule has 1 saturated heterocycles. The van der Waals surface area contributed by atoms with Gasteiger partial charge in [-0.2, -0.15) is 0 Å². The van der Waals surface area contributed by atoms with Crippen LogP contribution in [0.15, 0.2) is 29.1 Å². The SMILES string of the molecule is O=C(CCn1nnc2ccccc2c1=O)N1CCOCC1. The molecule has 7 nitrogen and oxygen atoms in total. The Morgan fingerprint density at radius 1 is 1.24 bits per heavy atom. The van der Waals surface area contributed by atoms with E-state index in [4.69, 9.17) is 4.74 Å². The van der Waals surface area contributed by atoms with E-state index in [1.807, 2.05) is 6.07 Å². The second-order valence-electron chi connectivity index (χ2n) is 4.88. The predicted octanol–water partition coefficient (Wildman–Crippen LogP) is 0.0404. The molecule has 0 aliphatic carbocycles. The van der Waals surface area contributed by atoms with Crippen molar-refractivity contribution in [2.45, 2.75) is 13.0 Å². The number of aromatic nitrogens is 3. The number of amides is 1. The van der Waals surface area contributed by atoms with Crippen LogP contribution in [0.2, 0.25) is 0 Å². The van der Waals surface area contributed by atoms with E-state index < -0.39 is 0 Å². The Balaban J connectivity index is 1.72. The van der Waals surface area contributed by atoms with Gasteiger partial charge < -0.3 is 9.64 Å². The highest BCUT2D eigenvalue weighted by molar-refractivity contribution is 5.77. The first kappa shape index (κ1) is 13.7. The first-order chi connectivity index (χ1) is 10.3. The van der Waals surface area contributed by atoms with Crippen molar-refractivity contribution in [2.24, 2.45) is 0 Å². The van der Waals surface area contributed by atoms with Crippen LogP contribution in [0.3, 0.4) is 0 Å². The second kappa shape index (κ2) is 6.01. The van der Waals surface area contributed by atoms with E-state index in [-0.39, 0.29) is 24.4 Å². The van der Waals surface area contributed by atoms with Crippen LogP contribution in [0.4, 0.5) is 0 Å². The van der Waals surface area contributed by atoms with Crippen LogP contribution in [-0.2, 0) is 16.1 Å². The van der Waals surface area contributed by atoms with E-state index in [2.05, 4.69) is 10.3 Å². The molecule has 1 aliphatic rings. The molecule has 1 amide bonds. The van der Waals surface area contributed by atoms with E-state index in [1.165, 1.54) is 4.68 Å².